The van der Waals surface area contributed by atoms with Crippen LogP contribution in [0.3, 0.4) is 0 Å². The van der Waals surface area contributed by atoms with E-state index >= 15 is 0 Å². The van der Waals surface area contributed by atoms with Gasteiger partial charge in [-0.3, -0.25) is 0 Å². The molecule has 0 saturated carbocycles. The number of halogens is 1. The normalized spacial score (nSPS) is 11.0. The molecule has 0 aliphatic carbocycles. The second-order valence-corrected chi connectivity index (χ2v) is 5.59. The Bertz CT molecular complexity index is 760. The van der Waals surface area contributed by atoms with E-state index in [-0.39, 0.29) is 11.8 Å². The minimum atomic E-state index is -0.367. The summed E-state index contributed by atoms with van der Waals surface area (Å²) in [7, 11) is 0. The van der Waals surface area contributed by atoms with Gasteiger partial charge in [-0.25, -0.2) is 9.18 Å². The van der Waals surface area contributed by atoms with E-state index in [2.05, 4.69) is 6.07 Å². The lowest BCUT2D eigenvalue weighted by atomic mass is 9.92. The van der Waals surface area contributed by atoms with Gasteiger partial charge in [0.2, 0.25) is 0 Å². The highest BCUT2D eigenvalue weighted by Crippen LogP contribution is 2.30. The van der Waals surface area contributed by atoms with Gasteiger partial charge in [0.1, 0.15) is 5.82 Å². The van der Waals surface area contributed by atoms with E-state index in [0.29, 0.717) is 12.2 Å². The molecule has 0 aromatic heterocycles. The van der Waals surface area contributed by atoms with Crippen LogP contribution in [-0.2, 0) is 9.53 Å². The Balaban J connectivity index is 2.53. The molecule has 0 spiro atoms. The number of rotatable bonds is 4. The first-order valence-electron chi connectivity index (χ1n) is 7.65. The first-order valence-corrected chi connectivity index (χ1v) is 7.65. The van der Waals surface area contributed by atoms with Gasteiger partial charge in [0, 0.05) is 6.08 Å². The van der Waals surface area contributed by atoms with Crippen molar-refractivity contribution in [2.24, 2.45) is 0 Å². The smallest absolute Gasteiger partial charge is 0.330 e. The maximum atomic E-state index is 13.5. The number of hydrogen-bond acceptors (Lipinski definition) is 2. The van der Waals surface area contributed by atoms with Crippen LogP contribution in [0.25, 0.3) is 17.2 Å². The molecule has 120 valence electrons. The summed E-state index contributed by atoms with van der Waals surface area (Å²) in [6.45, 7) is 7.88. The molecule has 0 unspecified atom stereocenters. The monoisotopic (exact) mass is 312 g/mol. The van der Waals surface area contributed by atoms with Crippen LogP contribution in [0.1, 0.15) is 29.2 Å². The maximum Gasteiger partial charge on any atom is 0.330 e. The van der Waals surface area contributed by atoms with Crippen molar-refractivity contribution in [1.29, 1.82) is 0 Å². The third-order valence-electron chi connectivity index (χ3n) is 3.67. The zero-order chi connectivity index (χ0) is 17.0. The van der Waals surface area contributed by atoms with Gasteiger partial charge in [0.25, 0.3) is 0 Å². The summed E-state index contributed by atoms with van der Waals surface area (Å²) in [5.41, 5.74) is 5.62. The Labute approximate surface area is 136 Å². The Hall–Kier alpha value is -2.42. The first kappa shape index (κ1) is 16.9. The lowest BCUT2D eigenvalue weighted by molar-refractivity contribution is -0.137. The largest absolute Gasteiger partial charge is 0.463 e. The predicted molar refractivity (Wildman–Crippen MR) is 91.7 cm³/mol. The molecule has 0 bridgehead atoms. The fraction of sp³-hybridized carbons (Fsp3) is 0.250. The van der Waals surface area contributed by atoms with Crippen molar-refractivity contribution >= 4 is 12.0 Å². The summed E-state index contributed by atoms with van der Waals surface area (Å²) in [5, 5.41) is 0. The summed E-state index contributed by atoms with van der Waals surface area (Å²) in [6.07, 6.45) is 3.20. The molecule has 2 aromatic carbocycles. The predicted octanol–water partition coefficient (Wildman–Crippen LogP) is 4.99. The molecule has 0 atom stereocenters. The molecule has 0 aliphatic heterocycles. The molecule has 0 radical (unpaired) electrons. The van der Waals surface area contributed by atoms with E-state index in [4.69, 9.17) is 4.74 Å². The van der Waals surface area contributed by atoms with Crippen molar-refractivity contribution in [3.8, 4) is 11.1 Å². The lowest BCUT2D eigenvalue weighted by Crippen LogP contribution is -1.99. The zero-order valence-corrected chi connectivity index (χ0v) is 13.9. The van der Waals surface area contributed by atoms with E-state index in [9.17, 15) is 9.18 Å². The first-order chi connectivity index (χ1) is 10.9. The molecule has 23 heavy (non-hydrogen) atoms. The fourth-order valence-corrected chi connectivity index (χ4v) is 2.59. The number of carbonyl (C=O) groups excluding carboxylic acids is 1. The summed E-state index contributed by atoms with van der Waals surface area (Å²) in [5.74, 6) is -0.588. The topological polar surface area (TPSA) is 26.3 Å². The van der Waals surface area contributed by atoms with Crippen LogP contribution in [0.15, 0.2) is 36.4 Å². The Morgan fingerprint density at radius 3 is 2.52 bits per heavy atom. The SMILES string of the molecule is CCOC(=O)/C=C/c1c(C)cc(C)cc1-c1ccc(F)c(C)c1. The number of ether oxygens (including phenoxy) is 1. The summed E-state index contributed by atoms with van der Waals surface area (Å²) in [4.78, 5) is 11.6. The minimum Gasteiger partial charge on any atom is -0.463 e. The summed E-state index contributed by atoms with van der Waals surface area (Å²) >= 11 is 0. The van der Waals surface area contributed by atoms with Gasteiger partial charge < -0.3 is 4.74 Å². The lowest BCUT2D eigenvalue weighted by Gasteiger charge is -2.12. The minimum absolute atomic E-state index is 0.221. The standard InChI is InChI=1S/C20H21FO2/c1-5-23-20(22)9-7-17-14(3)10-13(2)11-18(17)16-6-8-19(21)15(4)12-16/h6-12H,5H2,1-4H3/b9-7+. The van der Waals surface area contributed by atoms with Crippen molar-refractivity contribution in [2.45, 2.75) is 27.7 Å². The van der Waals surface area contributed by atoms with Gasteiger partial charge in [0.05, 0.1) is 6.61 Å². The molecule has 2 rings (SSSR count). The molecule has 0 heterocycles. The Morgan fingerprint density at radius 2 is 1.87 bits per heavy atom. The molecule has 2 nitrogen and oxygen atoms in total. The highest BCUT2D eigenvalue weighted by Gasteiger charge is 2.09. The van der Waals surface area contributed by atoms with Crippen molar-refractivity contribution in [3.63, 3.8) is 0 Å². The van der Waals surface area contributed by atoms with Crippen LogP contribution in [0.5, 0.6) is 0 Å². The van der Waals surface area contributed by atoms with Crippen LogP contribution in [0, 0.1) is 26.6 Å². The van der Waals surface area contributed by atoms with Crippen molar-refractivity contribution in [2.75, 3.05) is 6.61 Å². The maximum absolute atomic E-state index is 13.5. The molecule has 0 saturated heterocycles. The fourth-order valence-electron chi connectivity index (χ4n) is 2.59. The number of benzene rings is 2. The van der Waals surface area contributed by atoms with E-state index in [1.165, 1.54) is 12.1 Å². The van der Waals surface area contributed by atoms with E-state index in [1.54, 1.807) is 26.0 Å². The summed E-state index contributed by atoms with van der Waals surface area (Å²) in [6, 6.07) is 9.17. The number of carbonyl (C=O) groups is 1. The van der Waals surface area contributed by atoms with Crippen LogP contribution in [0.2, 0.25) is 0 Å². The van der Waals surface area contributed by atoms with Gasteiger partial charge in [-0.15, -0.1) is 0 Å². The van der Waals surface area contributed by atoms with Crippen molar-refractivity contribution < 1.29 is 13.9 Å². The quantitative estimate of drug-likeness (QED) is 0.587. The number of aryl methyl sites for hydroxylation is 3. The van der Waals surface area contributed by atoms with Crippen molar-refractivity contribution in [1.82, 2.24) is 0 Å². The van der Waals surface area contributed by atoms with E-state index in [0.717, 1.165) is 27.8 Å². The highest BCUT2D eigenvalue weighted by atomic mass is 19.1. The van der Waals surface area contributed by atoms with Gasteiger partial charge in [0.15, 0.2) is 0 Å². The van der Waals surface area contributed by atoms with Gasteiger partial charge in [-0.2, -0.15) is 0 Å². The second-order valence-electron chi connectivity index (χ2n) is 5.59. The van der Waals surface area contributed by atoms with Crippen LogP contribution >= 0.6 is 0 Å². The Morgan fingerprint density at radius 1 is 1.13 bits per heavy atom. The molecule has 3 heteroatoms. The molecule has 0 amide bonds. The number of esters is 1. The molecule has 2 aromatic rings. The van der Waals surface area contributed by atoms with Crippen LogP contribution in [0.4, 0.5) is 4.39 Å². The van der Waals surface area contributed by atoms with Crippen molar-refractivity contribution in [3.05, 3.63) is 64.5 Å². The third-order valence-corrected chi connectivity index (χ3v) is 3.67. The number of hydrogen-bond donors (Lipinski definition) is 0. The van der Waals surface area contributed by atoms with Crippen LogP contribution in [-0.4, -0.2) is 12.6 Å². The van der Waals surface area contributed by atoms with Gasteiger partial charge in [-0.1, -0.05) is 23.8 Å². The summed E-state index contributed by atoms with van der Waals surface area (Å²) < 4.78 is 18.5. The molecule has 0 fully saturated rings. The molecular formula is C20H21FO2. The molecular weight excluding hydrogens is 291 g/mol. The average Bonchev–Trinajstić information content (AvgIpc) is 2.48. The molecule has 0 aliphatic rings. The van der Waals surface area contributed by atoms with Gasteiger partial charge >= 0.3 is 5.97 Å². The van der Waals surface area contributed by atoms with E-state index < -0.39 is 0 Å². The highest BCUT2D eigenvalue weighted by molar-refractivity contribution is 5.90. The second kappa shape index (κ2) is 7.23. The van der Waals surface area contributed by atoms with Crippen LogP contribution < -0.4 is 0 Å². The third kappa shape index (κ3) is 4.07. The van der Waals surface area contributed by atoms with Gasteiger partial charge in [-0.05, 0) is 73.7 Å². The van der Waals surface area contributed by atoms with E-state index in [1.807, 2.05) is 26.0 Å². The Kier molecular flexibility index (Phi) is 5.32. The molecule has 0 N–H and O–H groups in total. The zero-order valence-electron chi connectivity index (χ0n) is 13.9. The average molecular weight is 312 g/mol.